The average Bonchev–Trinajstić information content (AvgIpc) is 3.27. The third kappa shape index (κ3) is 5.83. The van der Waals surface area contributed by atoms with Gasteiger partial charge in [-0.25, -0.2) is 4.98 Å². The minimum Gasteiger partial charge on any atom is -0.380 e. The Hall–Kier alpha value is -2.38. The molecule has 0 unspecified atom stereocenters. The molecule has 1 aliphatic rings. The Labute approximate surface area is 186 Å². The number of rotatable bonds is 8. The fraction of sp³-hybridized carbons (Fsp3) is 0.409. The number of carbonyl (C=O) groups excluding carboxylic acids is 2. The summed E-state index contributed by atoms with van der Waals surface area (Å²) in [5, 5.41) is 3.83. The zero-order valence-corrected chi connectivity index (χ0v) is 18.9. The number of piperidine rings is 1. The molecule has 1 fully saturated rings. The van der Waals surface area contributed by atoms with E-state index in [9.17, 15) is 9.59 Å². The standard InChI is InChI=1S/C22H27ClN4O2S/c1-3-25(2)12-13-26(16-28)14-21(29)27-10-8-17(9-11-27)20-15-30-22(24-20)18-4-6-19(23)7-5-18/h4-7,12-13,15-17H,3,8-11,14H2,1-2H3/b13-12-. The van der Waals surface area contributed by atoms with Crippen LogP contribution < -0.4 is 0 Å². The Morgan fingerprint density at radius 1 is 1.27 bits per heavy atom. The van der Waals surface area contributed by atoms with Crippen LogP contribution in [0, 0.1) is 0 Å². The molecule has 0 spiro atoms. The maximum atomic E-state index is 12.6. The van der Waals surface area contributed by atoms with Gasteiger partial charge in [0.05, 0.1) is 5.69 Å². The van der Waals surface area contributed by atoms with E-state index in [0.717, 1.165) is 35.7 Å². The fourth-order valence-electron chi connectivity index (χ4n) is 3.31. The smallest absolute Gasteiger partial charge is 0.242 e. The number of nitrogens with zero attached hydrogens (tertiary/aromatic N) is 4. The van der Waals surface area contributed by atoms with Crippen molar-refractivity contribution in [2.75, 3.05) is 33.2 Å². The summed E-state index contributed by atoms with van der Waals surface area (Å²) in [4.78, 5) is 33.9. The van der Waals surface area contributed by atoms with Crippen LogP contribution in [0.3, 0.4) is 0 Å². The topological polar surface area (TPSA) is 56.8 Å². The van der Waals surface area contributed by atoms with E-state index in [-0.39, 0.29) is 12.5 Å². The molecule has 0 N–H and O–H groups in total. The van der Waals surface area contributed by atoms with Crippen LogP contribution in [0.1, 0.15) is 31.4 Å². The molecule has 1 aromatic heterocycles. The van der Waals surface area contributed by atoms with Crippen LogP contribution in [0.4, 0.5) is 0 Å². The van der Waals surface area contributed by atoms with Crippen LogP contribution in [0.5, 0.6) is 0 Å². The Balaban J connectivity index is 1.53. The van der Waals surface area contributed by atoms with Gasteiger partial charge in [-0.2, -0.15) is 0 Å². The van der Waals surface area contributed by atoms with E-state index in [1.165, 1.54) is 4.90 Å². The second-order valence-corrected chi connectivity index (χ2v) is 8.68. The van der Waals surface area contributed by atoms with Gasteiger partial charge in [0.25, 0.3) is 0 Å². The molecular formula is C22H27ClN4O2S. The van der Waals surface area contributed by atoms with Gasteiger partial charge in [0, 0.05) is 61.0 Å². The largest absolute Gasteiger partial charge is 0.380 e. The monoisotopic (exact) mass is 446 g/mol. The van der Waals surface area contributed by atoms with Gasteiger partial charge in [0.15, 0.2) is 0 Å². The molecule has 0 atom stereocenters. The molecule has 3 rings (SSSR count). The molecule has 2 aromatic rings. The van der Waals surface area contributed by atoms with Gasteiger partial charge < -0.3 is 14.7 Å². The maximum absolute atomic E-state index is 12.6. The zero-order valence-electron chi connectivity index (χ0n) is 17.3. The van der Waals surface area contributed by atoms with Crippen LogP contribution >= 0.6 is 22.9 Å². The van der Waals surface area contributed by atoms with Crippen molar-refractivity contribution in [3.63, 3.8) is 0 Å². The van der Waals surface area contributed by atoms with E-state index in [4.69, 9.17) is 16.6 Å². The lowest BCUT2D eigenvalue weighted by Gasteiger charge is -2.32. The Morgan fingerprint density at radius 2 is 1.97 bits per heavy atom. The molecule has 1 saturated heterocycles. The number of hydrogen-bond acceptors (Lipinski definition) is 5. The predicted molar refractivity (Wildman–Crippen MR) is 121 cm³/mol. The number of hydrogen-bond donors (Lipinski definition) is 0. The second kappa shape index (κ2) is 10.6. The van der Waals surface area contributed by atoms with Crippen molar-refractivity contribution in [2.24, 2.45) is 0 Å². The van der Waals surface area contributed by atoms with Gasteiger partial charge in [0.2, 0.25) is 12.3 Å². The number of halogens is 1. The quantitative estimate of drug-likeness (QED) is 0.574. The number of carbonyl (C=O) groups is 2. The molecule has 0 saturated carbocycles. The highest BCUT2D eigenvalue weighted by molar-refractivity contribution is 7.13. The molecule has 160 valence electrons. The molecule has 0 bridgehead atoms. The third-order valence-corrected chi connectivity index (χ3v) is 6.51. The lowest BCUT2D eigenvalue weighted by Crippen LogP contribution is -2.42. The minimum atomic E-state index is -0.0236. The Bertz CT molecular complexity index is 876. The van der Waals surface area contributed by atoms with Crippen molar-refractivity contribution in [1.82, 2.24) is 19.7 Å². The summed E-state index contributed by atoms with van der Waals surface area (Å²) in [5.74, 6) is 0.330. The van der Waals surface area contributed by atoms with Crippen LogP contribution in [-0.2, 0) is 9.59 Å². The van der Waals surface area contributed by atoms with E-state index in [0.29, 0.717) is 30.4 Å². The summed E-state index contributed by atoms with van der Waals surface area (Å²) in [6, 6.07) is 7.72. The van der Waals surface area contributed by atoms with Crippen LogP contribution in [0.2, 0.25) is 5.02 Å². The lowest BCUT2D eigenvalue weighted by atomic mass is 9.94. The number of amides is 2. The molecule has 0 aliphatic carbocycles. The number of benzene rings is 1. The first-order valence-electron chi connectivity index (χ1n) is 10.1. The molecule has 2 heterocycles. The minimum absolute atomic E-state index is 0.0236. The SMILES string of the molecule is CCN(C)/C=C\N(C=O)CC(=O)N1CCC(c2csc(-c3ccc(Cl)cc3)n2)CC1. The lowest BCUT2D eigenvalue weighted by molar-refractivity contribution is -0.135. The zero-order chi connectivity index (χ0) is 21.5. The normalized spacial score (nSPS) is 14.8. The first kappa shape index (κ1) is 22.3. The van der Waals surface area contributed by atoms with E-state index in [1.807, 2.05) is 48.0 Å². The highest BCUT2D eigenvalue weighted by Gasteiger charge is 2.26. The summed E-state index contributed by atoms with van der Waals surface area (Å²) in [5.41, 5.74) is 2.16. The van der Waals surface area contributed by atoms with Gasteiger partial charge in [-0.3, -0.25) is 9.59 Å². The highest BCUT2D eigenvalue weighted by atomic mass is 35.5. The van der Waals surface area contributed by atoms with Crippen LogP contribution in [0.25, 0.3) is 10.6 Å². The van der Waals surface area contributed by atoms with E-state index in [2.05, 4.69) is 5.38 Å². The van der Waals surface area contributed by atoms with Crippen molar-refractivity contribution in [1.29, 1.82) is 0 Å². The molecule has 30 heavy (non-hydrogen) atoms. The third-order valence-electron chi connectivity index (χ3n) is 5.34. The molecular weight excluding hydrogens is 420 g/mol. The van der Waals surface area contributed by atoms with Crippen molar-refractivity contribution in [3.8, 4) is 10.6 Å². The molecule has 0 radical (unpaired) electrons. The van der Waals surface area contributed by atoms with Gasteiger partial charge in [-0.05, 0) is 31.9 Å². The Morgan fingerprint density at radius 3 is 2.60 bits per heavy atom. The average molecular weight is 447 g/mol. The summed E-state index contributed by atoms with van der Waals surface area (Å²) < 4.78 is 0. The number of thiazole rings is 1. The van der Waals surface area contributed by atoms with E-state index >= 15 is 0 Å². The van der Waals surface area contributed by atoms with Gasteiger partial charge in [0.1, 0.15) is 11.6 Å². The summed E-state index contributed by atoms with van der Waals surface area (Å²) >= 11 is 7.61. The summed E-state index contributed by atoms with van der Waals surface area (Å²) in [7, 11) is 1.92. The van der Waals surface area contributed by atoms with Crippen molar-refractivity contribution in [2.45, 2.75) is 25.7 Å². The maximum Gasteiger partial charge on any atom is 0.242 e. The Kier molecular flexibility index (Phi) is 7.87. The predicted octanol–water partition coefficient (Wildman–Crippen LogP) is 4.05. The van der Waals surface area contributed by atoms with Crippen LogP contribution in [-0.4, -0.2) is 65.2 Å². The first-order chi connectivity index (χ1) is 14.5. The van der Waals surface area contributed by atoms with Crippen molar-refractivity contribution in [3.05, 3.63) is 52.8 Å². The van der Waals surface area contributed by atoms with Gasteiger partial charge in [-0.1, -0.05) is 23.7 Å². The van der Waals surface area contributed by atoms with Crippen LogP contribution in [0.15, 0.2) is 42.0 Å². The fourth-order valence-corrected chi connectivity index (χ4v) is 4.34. The molecule has 8 heteroatoms. The first-order valence-corrected chi connectivity index (χ1v) is 11.3. The van der Waals surface area contributed by atoms with E-state index < -0.39 is 0 Å². The van der Waals surface area contributed by atoms with E-state index in [1.54, 1.807) is 23.7 Å². The number of likely N-dealkylation sites (tertiary alicyclic amines) is 1. The highest BCUT2D eigenvalue weighted by Crippen LogP contribution is 2.32. The summed E-state index contributed by atoms with van der Waals surface area (Å²) in [6.45, 7) is 4.29. The summed E-state index contributed by atoms with van der Waals surface area (Å²) in [6.07, 6.45) is 5.90. The molecule has 6 nitrogen and oxygen atoms in total. The number of aromatic nitrogens is 1. The van der Waals surface area contributed by atoms with Gasteiger partial charge in [-0.15, -0.1) is 11.3 Å². The van der Waals surface area contributed by atoms with Crippen molar-refractivity contribution < 1.29 is 9.59 Å². The van der Waals surface area contributed by atoms with Gasteiger partial charge >= 0.3 is 0 Å². The molecule has 1 aromatic carbocycles. The molecule has 1 aliphatic heterocycles. The second-order valence-electron chi connectivity index (χ2n) is 7.39. The molecule has 2 amide bonds. The van der Waals surface area contributed by atoms with Crippen molar-refractivity contribution >= 4 is 35.3 Å².